The largest absolute Gasteiger partial charge is 0.315 e. The molecule has 0 amide bonds. The maximum absolute atomic E-state index is 13.4. The first-order valence-corrected chi connectivity index (χ1v) is 8.35. The van der Waals surface area contributed by atoms with Gasteiger partial charge in [0.15, 0.2) is 0 Å². The minimum Gasteiger partial charge on any atom is -0.315 e. The molecule has 2 heterocycles. The SMILES string of the molecule is Cc1ccc(F)cc1S(=O)(=O)N1C(C)CC2CNCC21. The molecule has 0 spiro atoms. The maximum atomic E-state index is 13.4. The van der Waals surface area contributed by atoms with Crippen molar-refractivity contribution in [3.05, 3.63) is 29.6 Å². The zero-order valence-electron chi connectivity index (χ0n) is 11.6. The Hall–Kier alpha value is -0.980. The summed E-state index contributed by atoms with van der Waals surface area (Å²) in [4.78, 5) is 0.0944. The average Bonchev–Trinajstić information content (AvgIpc) is 2.91. The normalized spacial score (nSPS) is 30.6. The van der Waals surface area contributed by atoms with E-state index >= 15 is 0 Å². The van der Waals surface area contributed by atoms with Gasteiger partial charge in [-0.25, -0.2) is 12.8 Å². The molecule has 3 atom stereocenters. The fraction of sp³-hybridized carbons (Fsp3) is 0.571. The van der Waals surface area contributed by atoms with Crippen molar-refractivity contribution in [3.8, 4) is 0 Å². The monoisotopic (exact) mass is 298 g/mol. The van der Waals surface area contributed by atoms with Gasteiger partial charge in [-0.05, 0) is 50.4 Å². The quantitative estimate of drug-likeness (QED) is 0.900. The molecule has 6 heteroatoms. The summed E-state index contributed by atoms with van der Waals surface area (Å²) in [6, 6.07) is 3.92. The van der Waals surface area contributed by atoms with E-state index < -0.39 is 15.8 Å². The van der Waals surface area contributed by atoms with Crippen molar-refractivity contribution in [2.75, 3.05) is 13.1 Å². The molecule has 0 aromatic heterocycles. The summed E-state index contributed by atoms with van der Waals surface area (Å²) in [5.74, 6) is -0.143. The molecule has 1 N–H and O–H groups in total. The first-order chi connectivity index (χ1) is 9.41. The van der Waals surface area contributed by atoms with Gasteiger partial charge in [0, 0.05) is 18.6 Å². The van der Waals surface area contributed by atoms with Crippen LogP contribution in [0.1, 0.15) is 18.9 Å². The highest BCUT2D eigenvalue weighted by molar-refractivity contribution is 7.89. The molecule has 20 heavy (non-hydrogen) atoms. The lowest BCUT2D eigenvalue weighted by Crippen LogP contribution is -2.42. The summed E-state index contributed by atoms with van der Waals surface area (Å²) in [7, 11) is -3.64. The average molecular weight is 298 g/mol. The van der Waals surface area contributed by atoms with Gasteiger partial charge in [-0.1, -0.05) is 6.07 Å². The van der Waals surface area contributed by atoms with E-state index in [1.54, 1.807) is 11.2 Å². The van der Waals surface area contributed by atoms with Crippen molar-refractivity contribution in [2.24, 2.45) is 5.92 Å². The number of halogens is 1. The van der Waals surface area contributed by atoms with Gasteiger partial charge >= 0.3 is 0 Å². The molecule has 2 aliphatic heterocycles. The first kappa shape index (κ1) is 14.0. The zero-order chi connectivity index (χ0) is 14.5. The Balaban J connectivity index is 2.05. The fourth-order valence-electron chi connectivity index (χ4n) is 3.51. The predicted molar refractivity (Wildman–Crippen MR) is 74.4 cm³/mol. The standard InChI is InChI=1S/C14H19FN2O2S/c1-9-3-4-12(15)6-14(9)20(18,19)17-10(2)5-11-7-16-8-13(11)17/h3-4,6,10-11,13,16H,5,7-8H2,1-2H3. The molecular weight excluding hydrogens is 279 g/mol. The summed E-state index contributed by atoms with van der Waals surface area (Å²) in [6.45, 7) is 5.19. The van der Waals surface area contributed by atoms with Gasteiger partial charge in [-0.2, -0.15) is 4.31 Å². The van der Waals surface area contributed by atoms with Crippen LogP contribution in [0.2, 0.25) is 0 Å². The maximum Gasteiger partial charge on any atom is 0.243 e. The van der Waals surface area contributed by atoms with E-state index in [1.165, 1.54) is 12.1 Å². The Morgan fingerprint density at radius 2 is 2.10 bits per heavy atom. The highest BCUT2D eigenvalue weighted by atomic mass is 32.2. The molecule has 1 aromatic carbocycles. The number of fused-ring (bicyclic) bond motifs is 1. The lowest BCUT2D eigenvalue weighted by atomic mass is 10.0. The van der Waals surface area contributed by atoms with Crippen LogP contribution >= 0.6 is 0 Å². The lowest BCUT2D eigenvalue weighted by Gasteiger charge is -2.27. The number of nitrogens with one attached hydrogen (secondary N) is 1. The number of aryl methyl sites for hydroxylation is 1. The van der Waals surface area contributed by atoms with Gasteiger partial charge in [0.25, 0.3) is 0 Å². The number of rotatable bonds is 2. The summed E-state index contributed by atoms with van der Waals surface area (Å²) < 4.78 is 40.8. The molecule has 2 saturated heterocycles. The number of benzene rings is 1. The van der Waals surface area contributed by atoms with Gasteiger partial charge in [-0.3, -0.25) is 0 Å². The van der Waals surface area contributed by atoms with Crippen LogP contribution < -0.4 is 5.32 Å². The van der Waals surface area contributed by atoms with E-state index in [-0.39, 0.29) is 17.0 Å². The van der Waals surface area contributed by atoms with Crippen molar-refractivity contribution in [1.82, 2.24) is 9.62 Å². The Morgan fingerprint density at radius 3 is 2.85 bits per heavy atom. The molecule has 4 nitrogen and oxygen atoms in total. The molecule has 2 aliphatic rings. The second-order valence-electron chi connectivity index (χ2n) is 5.82. The molecule has 3 unspecified atom stereocenters. The summed E-state index contributed by atoms with van der Waals surface area (Å²) >= 11 is 0. The van der Waals surface area contributed by atoms with E-state index in [4.69, 9.17) is 0 Å². The van der Waals surface area contributed by atoms with Crippen LogP contribution in [0.4, 0.5) is 4.39 Å². The van der Waals surface area contributed by atoms with Gasteiger partial charge in [-0.15, -0.1) is 0 Å². The lowest BCUT2D eigenvalue weighted by molar-refractivity contribution is 0.335. The Labute approximate surface area is 119 Å². The highest BCUT2D eigenvalue weighted by Gasteiger charge is 2.48. The smallest absolute Gasteiger partial charge is 0.243 e. The number of hydrogen-bond donors (Lipinski definition) is 1. The summed E-state index contributed by atoms with van der Waals surface area (Å²) in [5.41, 5.74) is 0.591. The van der Waals surface area contributed by atoms with Gasteiger partial charge in [0.1, 0.15) is 5.82 Å². The number of hydrogen-bond acceptors (Lipinski definition) is 3. The second kappa shape index (κ2) is 4.79. The molecule has 2 fully saturated rings. The molecular formula is C14H19FN2O2S. The van der Waals surface area contributed by atoms with E-state index in [9.17, 15) is 12.8 Å². The van der Waals surface area contributed by atoms with Crippen LogP contribution in [0.15, 0.2) is 23.1 Å². The number of nitrogens with zero attached hydrogens (tertiary/aromatic N) is 1. The molecule has 3 rings (SSSR count). The van der Waals surface area contributed by atoms with Crippen molar-refractivity contribution in [3.63, 3.8) is 0 Å². The third-order valence-electron chi connectivity index (χ3n) is 4.41. The van der Waals surface area contributed by atoms with Crippen LogP contribution in [-0.4, -0.2) is 37.9 Å². The zero-order valence-corrected chi connectivity index (χ0v) is 12.5. The topological polar surface area (TPSA) is 49.4 Å². The Bertz CT molecular complexity index is 632. The first-order valence-electron chi connectivity index (χ1n) is 6.91. The minimum atomic E-state index is -3.64. The molecule has 0 bridgehead atoms. The van der Waals surface area contributed by atoms with Gasteiger partial charge in [0.2, 0.25) is 10.0 Å². The van der Waals surface area contributed by atoms with Crippen molar-refractivity contribution >= 4 is 10.0 Å². The van der Waals surface area contributed by atoms with E-state index in [0.717, 1.165) is 19.0 Å². The molecule has 110 valence electrons. The van der Waals surface area contributed by atoms with E-state index in [0.29, 0.717) is 18.0 Å². The molecule has 0 radical (unpaired) electrons. The fourth-order valence-corrected chi connectivity index (χ4v) is 5.63. The third kappa shape index (κ3) is 2.06. The van der Waals surface area contributed by atoms with Crippen LogP contribution in [0.3, 0.4) is 0 Å². The third-order valence-corrected chi connectivity index (χ3v) is 6.60. The summed E-state index contributed by atoms with van der Waals surface area (Å²) in [6.07, 6.45) is 0.866. The van der Waals surface area contributed by atoms with Crippen LogP contribution in [0, 0.1) is 18.7 Å². The molecule has 1 aromatic rings. The highest BCUT2D eigenvalue weighted by Crippen LogP contribution is 2.37. The Kier molecular flexibility index (Phi) is 3.35. The van der Waals surface area contributed by atoms with E-state index in [2.05, 4.69) is 5.32 Å². The van der Waals surface area contributed by atoms with Crippen molar-refractivity contribution in [1.29, 1.82) is 0 Å². The number of sulfonamides is 1. The van der Waals surface area contributed by atoms with Crippen LogP contribution in [0.25, 0.3) is 0 Å². The minimum absolute atomic E-state index is 0.00216. The van der Waals surface area contributed by atoms with Crippen molar-refractivity contribution in [2.45, 2.75) is 37.2 Å². The van der Waals surface area contributed by atoms with Crippen molar-refractivity contribution < 1.29 is 12.8 Å². The second-order valence-corrected chi connectivity index (χ2v) is 7.63. The van der Waals surface area contributed by atoms with Crippen LogP contribution in [0.5, 0.6) is 0 Å². The van der Waals surface area contributed by atoms with E-state index in [1.807, 2.05) is 6.92 Å². The molecule has 0 saturated carbocycles. The van der Waals surface area contributed by atoms with Crippen LogP contribution in [-0.2, 0) is 10.0 Å². The molecule has 0 aliphatic carbocycles. The summed E-state index contributed by atoms with van der Waals surface area (Å²) in [5, 5.41) is 3.24. The predicted octanol–water partition coefficient (Wildman–Crippen LogP) is 1.51. The van der Waals surface area contributed by atoms with Gasteiger partial charge < -0.3 is 5.32 Å². The van der Waals surface area contributed by atoms with Gasteiger partial charge in [0.05, 0.1) is 4.90 Å². The Morgan fingerprint density at radius 1 is 1.35 bits per heavy atom.